The van der Waals surface area contributed by atoms with Crippen LogP contribution in [-0.2, 0) is 6.54 Å². The molecule has 1 heterocycles. The number of fused-ring (bicyclic) bond motifs is 1. The molecule has 0 saturated heterocycles. The van der Waals surface area contributed by atoms with Crippen molar-refractivity contribution in [1.29, 1.82) is 0 Å². The van der Waals surface area contributed by atoms with Crippen LogP contribution in [0.4, 0.5) is 0 Å². The molecule has 0 fully saturated rings. The van der Waals surface area contributed by atoms with Crippen LogP contribution in [0.15, 0.2) is 18.2 Å². The van der Waals surface area contributed by atoms with Crippen molar-refractivity contribution in [2.75, 3.05) is 0 Å². The Morgan fingerprint density at radius 3 is 2.89 bits per heavy atom. The Morgan fingerprint density at radius 1 is 1.33 bits per heavy atom. The van der Waals surface area contributed by atoms with E-state index in [1.165, 1.54) is 12.8 Å². The van der Waals surface area contributed by atoms with Gasteiger partial charge in [-0.15, -0.1) is 5.10 Å². The molecule has 0 radical (unpaired) electrons. The second-order valence-corrected chi connectivity index (χ2v) is 4.38. The Kier molecular flexibility index (Phi) is 3.92. The van der Waals surface area contributed by atoms with Crippen molar-refractivity contribution in [3.05, 3.63) is 23.8 Å². The first-order valence-electron chi connectivity index (χ1n) is 6.29. The van der Waals surface area contributed by atoms with E-state index in [9.17, 15) is 4.79 Å². The van der Waals surface area contributed by atoms with Crippen LogP contribution in [0.1, 0.15) is 43.0 Å². The summed E-state index contributed by atoms with van der Waals surface area (Å²) in [6.45, 7) is 2.96. The average Bonchev–Trinajstić information content (AvgIpc) is 2.77. The lowest BCUT2D eigenvalue weighted by molar-refractivity contribution is 0.0697. The minimum Gasteiger partial charge on any atom is -0.478 e. The zero-order valence-corrected chi connectivity index (χ0v) is 10.5. The van der Waals surface area contributed by atoms with Crippen LogP contribution in [0.25, 0.3) is 11.0 Å². The van der Waals surface area contributed by atoms with Crippen molar-refractivity contribution in [2.45, 2.75) is 39.2 Å². The predicted octanol–water partition coefficient (Wildman–Crippen LogP) is 2.71. The molecule has 0 unspecified atom stereocenters. The maximum Gasteiger partial charge on any atom is 0.335 e. The van der Waals surface area contributed by atoms with Gasteiger partial charge in [-0.05, 0) is 24.6 Å². The molecule has 0 bridgehead atoms. The highest BCUT2D eigenvalue weighted by atomic mass is 16.4. The van der Waals surface area contributed by atoms with E-state index in [1.807, 2.05) is 0 Å². The molecule has 0 aliphatic rings. The van der Waals surface area contributed by atoms with Gasteiger partial charge in [0.15, 0.2) is 0 Å². The number of benzene rings is 1. The summed E-state index contributed by atoms with van der Waals surface area (Å²) >= 11 is 0. The Balaban J connectivity index is 2.17. The van der Waals surface area contributed by atoms with Gasteiger partial charge in [0.1, 0.15) is 5.52 Å². The van der Waals surface area contributed by atoms with E-state index < -0.39 is 5.97 Å². The van der Waals surface area contributed by atoms with Gasteiger partial charge in [-0.1, -0.05) is 31.4 Å². The second kappa shape index (κ2) is 5.62. The minimum atomic E-state index is -0.921. The third-order valence-electron chi connectivity index (χ3n) is 2.98. The van der Waals surface area contributed by atoms with Crippen molar-refractivity contribution in [1.82, 2.24) is 15.0 Å². The fourth-order valence-electron chi connectivity index (χ4n) is 1.95. The molecule has 2 aromatic rings. The van der Waals surface area contributed by atoms with Crippen LogP contribution >= 0.6 is 0 Å². The maximum atomic E-state index is 10.9. The summed E-state index contributed by atoms with van der Waals surface area (Å²) in [7, 11) is 0. The van der Waals surface area contributed by atoms with Gasteiger partial charge in [0.2, 0.25) is 0 Å². The first-order valence-corrected chi connectivity index (χ1v) is 6.29. The maximum absolute atomic E-state index is 10.9. The number of aromatic nitrogens is 3. The van der Waals surface area contributed by atoms with Crippen LogP contribution < -0.4 is 0 Å². The quantitative estimate of drug-likeness (QED) is 0.797. The topological polar surface area (TPSA) is 68.0 Å². The number of aryl methyl sites for hydroxylation is 1. The van der Waals surface area contributed by atoms with Crippen molar-refractivity contribution in [2.24, 2.45) is 0 Å². The molecule has 0 aliphatic heterocycles. The first-order chi connectivity index (χ1) is 8.72. The first kappa shape index (κ1) is 12.5. The minimum absolute atomic E-state index is 0.277. The number of hydrogen-bond acceptors (Lipinski definition) is 3. The van der Waals surface area contributed by atoms with E-state index in [-0.39, 0.29) is 5.56 Å². The molecule has 96 valence electrons. The number of rotatable bonds is 6. The normalized spacial score (nSPS) is 10.9. The van der Waals surface area contributed by atoms with E-state index in [0.717, 1.165) is 30.4 Å². The van der Waals surface area contributed by atoms with Crippen molar-refractivity contribution < 1.29 is 9.90 Å². The van der Waals surface area contributed by atoms with E-state index in [4.69, 9.17) is 5.11 Å². The van der Waals surface area contributed by atoms with Gasteiger partial charge in [-0.3, -0.25) is 0 Å². The summed E-state index contributed by atoms with van der Waals surface area (Å²) in [5.41, 5.74) is 1.82. The van der Waals surface area contributed by atoms with E-state index in [2.05, 4.69) is 17.2 Å². The third-order valence-corrected chi connectivity index (χ3v) is 2.98. The van der Waals surface area contributed by atoms with Crippen LogP contribution in [0.5, 0.6) is 0 Å². The Hall–Kier alpha value is -1.91. The zero-order chi connectivity index (χ0) is 13.0. The summed E-state index contributed by atoms with van der Waals surface area (Å²) in [6.07, 6.45) is 4.62. The van der Waals surface area contributed by atoms with Gasteiger partial charge in [0.25, 0.3) is 0 Å². The highest BCUT2D eigenvalue weighted by Gasteiger charge is 2.08. The monoisotopic (exact) mass is 247 g/mol. The lowest BCUT2D eigenvalue weighted by Gasteiger charge is -2.02. The molecule has 1 aromatic heterocycles. The van der Waals surface area contributed by atoms with E-state index in [0.29, 0.717) is 0 Å². The summed E-state index contributed by atoms with van der Waals surface area (Å²) < 4.78 is 1.79. The number of nitrogens with zero attached hydrogens (tertiary/aromatic N) is 3. The highest BCUT2D eigenvalue weighted by molar-refractivity contribution is 5.92. The van der Waals surface area contributed by atoms with Crippen molar-refractivity contribution >= 4 is 17.0 Å². The molecule has 0 aliphatic carbocycles. The van der Waals surface area contributed by atoms with Crippen molar-refractivity contribution in [3.63, 3.8) is 0 Å². The Morgan fingerprint density at radius 2 is 2.17 bits per heavy atom. The molecular weight excluding hydrogens is 230 g/mol. The molecule has 0 atom stereocenters. The fraction of sp³-hybridized carbons (Fsp3) is 0.462. The summed E-state index contributed by atoms with van der Waals surface area (Å²) in [5, 5.41) is 17.1. The third kappa shape index (κ3) is 2.67. The molecule has 1 aromatic carbocycles. The molecule has 0 amide bonds. The number of aromatic carboxylic acids is 1. The number of carbonyl (C=O) groups is 1. The molecule has 0 saturated carbocycles. The molecule has 5 nitrogen and oxygen atoms in total. The number of carboxylic acids is 1. The van der Waals surface area contributed by atoms with Gasteiger partial charge in [0.05, 0.1) is 11.1 Å². The van der Waals surface area contributed by atoms with Crippen molar-refractivity contribution in [3.8, 4) is 0 Å². The van der Waals surface area contributed by atoms with Crippen LogP contribution in [0.2, 0.25) is 0 Å². The number of hydrogen-bond donors (Lipinski definition) is 1. The highest BCUT2D eigenvalue weighted by Crippen LogP contribution is 2.14. The van der Waals surface area contributed by atoms with Crippen LogP contribution in [0, 0.1) is 0 Å². The number of carboxylic acid groups (broad SMARTS) is 1. The van der Waals surface area contributed by atoms with Gasteiger partial charge >= 0.3 is 5.97 Å². The molecular formula is C13H17N3O2. The molecule has 1 N–H and O–H groups in total. The van der Waals surface area contributed by atoms with Gasteiger partial charge in [0, 0.05) is 6.54 Å². The van der Waals surface area contributed by atoms with E-state index >= 15 is 0 Å². The number of unbranched alkanes of at least 4 members (excludes halogenated alkanes) is 3. The second-order valence-electron chi connectivity index (χ2n) is 4.38. The zero-order valence-electron chi connectivity index (χ0n) is 10.5. The molecule has 0 spiro atoms. The summed E-state index contributed by atoms with van der Waals surface area (Å²) in [5.74, 6) is -0.921. The standard InChI is InChI=1S/C13H17N3O2/c1-2-3-4-5-8-16-12-9-10(13(17)18)6-7-11(12)14-15-16/h6-7,9H,2-5,8H2,1H3,(H,17,18). The van der Waals surface area contributed by atoms with Gasteiger partial charge < -0.3 is 5.11 Å². The largest absolute Gasteiger partial charge is 0.478 e. The van der Waals surface area contributed by atoms with Crippen LogP contribution in [-0.4, -0.2) is 26.1 Å². The SMILES string of the molecule is CCCCCCn1nnc2ccc(C(=O)O)cc21. The average molecular weight is 247 g/mol. The van der Waals surface area contributed by atoms with Gasteiger partial charge in [-0.2, -0.15) is 0 Å². The van der Waals surface area contributed by atoms with Crippen LogP contribution in [0.3, 0.4) is 0 Å². The van der Waals surface area contributed by atoms with Gasteiger partial charge in [-0.25, -0.2) is 9.48 Å². The summed E-state index contributed by atoms with van der Waals surface area (Å²) in [4.78, 5) is 10.9. The Bertz CT molecular complexity index is 548. The predicted molar refractivity (Wildman–Crippen MR) is 68.6 cm³/mol. The summed E-state index contributed by atoms with van der Waals surface area (Å²) in [6, 6.07) is 4.90. The molecule has 2 rings (SSSR count). The van der Waals surface area contributed by atoms with E-state index in [1.54, 1.807) is 22.9 Å². The fourth-order valence-corrected chi connectivity index (χ4v) is 1.95. The smallest absolute Gasteiger partial charge is 0.335 e. The Labute approximate surface area is 105 Å². The molecule has 18 heavy (non-hydrogen) atoms. The molecule has 5 heteroatoms. The lowest BCUT2D eigenvalue weighted by atomic mass is 10.2. The lowest BCUT2D eigenvalue weighted by Crippen LogP contribution is -2.01.